The lowest BCUT2D eigenvalue weighted by molar-refractivity contribution is 0.138. The van der Waals surface area contributed by atoms with Crippen LogP contribution in [-0.4, -0.2) is 30.7 Å². The lowest BCUT2D eigenvalue weighted by atomic mass is 10.2. The minimum absolute atomic E-state index is 0.0614. The smallest absolute Gasteiger partial charge is 0.280 e. The highest BCUT2D eigenvalue weighted by molar-refractivity contribution is 5.70. The van der Waals surface area contributed by atoms with Crippen LogP contribution in [0.25, 0.3) is 11.2 Å². The second kappa shape index (κ2) is 3.56. The van der Waals surface area contributed by atoms with Crippen LogP contribution in [0, 0.1) is 0 Å². The number of aliphatic hydroxyl groups excluding tert-OH is 1. The van der Waals surface area contributed by atoms with E-state index in [0.29, 0.717) is 5.65 Å². The number of anilines is 1. The largest absolute Gasteiger partial charge is 0.391 e. The van der Waals surface area contributed by atoms with Crippen molar-refractivity contribution in [2.75, 3.05) is 5.73 Å². The molecule has 2 aromatic rings. The van der Waals surface area contributed by atoms with Crippen LogP contribution in [0.4, 0.5) is 5.95 Å². The van der Waals surface area contributed by atoms with Crippen molar-refractivity contribution in [1.82, 2.24) is 19.5 Å². The Morgan fingerprint density at radius 3 is 3.06 bits per heavy atom. The van der Waals surface area contributed by atoms with Gasteiger partial charge in [-0.3, -0.25) is 9.78 Å². The van der Waals surface area contributed by atoms with E-state index < -0.39 is 6.10 Å². The summed E-state index contributed by atoms with van der Waals surface area (Å²) in [5.41, 5.74) is 5.87. The number of H-pyrrole nitrogens is 1. The summed E-state index contributed by atoms with van der Waals surface area (Å²) in [5, 5.41) is 9.87. The van der Waals surface area contributed by atoms with Crippen LogP contribution < -0.4 is 11.3 Å². The molecule has 1 aliphatic carbocycles. The van der Waals surface area contributed by atoms with Crippen molar-refractivity contribution in [3.63, 3.8) is 0 Å². The maximum absolute atomic E-state index is 11.6. The average Bonchev–Trinajstić information content (AvgIpc) is 2.84. The van der Waals surface area contributed by atoms with Gasteiger partial charge in [-0.2, -0.15) is 4.98 Å². The van der Waals surface area contributed by atoms with E-state index in [2.05, 4.69) is 15.0 Å². The zero-order valence-electron chi connectivity index (χ0n) is 9.13. The van der Waals surface area contributed by atoms with Crippen molar-refractivity contribution in [2.24, 2.45) is 0 Å². The number of aromatic amines is 1. The molecule has 17 heavy (non-hydrogen) atoms. The lowest BCUT2D eigenvalue weighted by Crippen LogP contribution is -2.19. The zero-order valence-corrected chi connectivity index (χ0v) is 9.13. The van der Waals surface area contributed by atoms with Gasteiger partial charge in [0.05, 0.1) is 18.5 Å². The second-order valence-electron chi connectivity index (χ2n) is 4.34. The molecule has 1 saturated carbocycles. The predicted molar refractivity (Wildman–Crippen MR) is 61.5 cm³/mol. The maximum atomic E-state index is 11.6. The number of nitrogen functional groups attached to an aromatic ring is 1. The highest BCUT2D eigenvalue weighted by atomic mass is 16.3. The van der Waals surface area contributed by atoms with Gasteiger partial charge in [0.1, 0.15) is 0 Å². The number of fused-ring (bicyclic) bond motifs is 1. The predicted octanol–water partition coefficient (Wildman–Crippen LogP) is -0.212. The summed E-state index contributed by atoms with van der Waals surface area (Å²) in [6, 6.07) is -0.0614. The molecule has 0 aromatic carbocycles. The topological polar surface area (TPSA) is 110 Å². The summed E-state index contributed by atoms with van der Waals surface area (Å²) in [5.74, 6) is 0.0664. The Morgan fingerprint density at radius 2 is 2.35 bits per heavy atom. The van der Waals surface area contributed by atoms with Gasteiger partial charge in [0.25, 0.3) is 5.56 Å². The Morgan fingerprint density at radius 1 is 1.53 bits per heavy atom. The molecule has 1 aliphatic rings. The Balaban J connectivity index is 2.21. The molecule has 0 radical (unpaired) electrons. The standard InChI is InChI=1S/C10H13N5O2/c11-10-13-8-7(9(17)14-10)12-4-15(8)5-2-1-3-6(5)16/h4-6,16H,1-3H2,(H3,11,13,14,17)/t5-,6-/m1/s1. The van der Waals surface area contributed by atoms with Crippen molar-refractivity contribution in [1.29, 1.82) is 0 Å². The average molecular weight is 235 g/mol. The summed E-state index contributed by atoms with van der Waals surface area (Å²) in [7, 11) is 0. The highest BCUT2D eigenvalue weighted by Gasteiger charge is 2.28. The van der Waals surface area contributed by atoms with E-state index in [1.807, 2.05) is 0 Å². The van der Waals surface area contributed by atoms with Crippen LogP contribution in [0.5, 0.6) is 0 Å². The van der Waals surface area contributed by atoms with Gasteiger partial charge in [-0.25, -0.2) is 4.98 Å². The van der Waals surface area contributed by atoms with Gasteiger partial charge in [-0.1, -0.05) is 0 Å². The first-order valence-electron chi connectivity index (χ1n) is 5.57. The van der Waals surface area contributed by atoms with Crippen molar-refractivity contribution in [2.45, 2.75) is 31.4 Å². The van der Waals surface area contributed by atoms with Crippen molar-refractivity contribution >= 4 is 17.1 Å². The number of hydrogen-bond acceptors (Lipinski definition) is 5. The molecule has 0 spiro atoms. The van der Waals surface area contributed by atoms with Gasteiger partial charge >= 0.3 is 0 Å². The van der Waals surface area contributed by atoms with Crippen molar-refractivity contribution < 1.29 is 5.11 Å². The lowest BCUT2D eigenvalue weighted by Gasteiger charge is -2.16. The van der Waals surface area contributed by atoms with Gasteiger partial charge in [0, 0.05) is 0 Å². The molecular weight excluding hydrogens is 222 g/mol. The van der Waals surface area contributed by atoms with Crippen LogP contribution >= 0.6 is 0 Å². The first-order chi connectivity index (χ1) is 8.16. The SMILES string of the molecule is Nc1nc2c(ncn2[C@@H]2CCC[C@H]2O)c(=O)[nH]1. The molecular formula is C10H13N5O2. The molecule has 0 unspecified atom stereocenters. The molecule has 1 fully saturated rings. The van der Waals surface area contributed by atoms with E-state index in [4.69, 9.17) is 5.73 Å². The molecule has 2 atom stereocenters. The summed E-state index contributed by atoms with van der Waals surface area (Å²) in [6.07, 6.45) is 3.73. The van der Waals surface area contributed by atoms with Crippen LogP contribution in [0.3, 0.4) is 0 Å². The van der Waals surface area contributed by atoms with E-state index >= 15 is 0 Å². The fourth-order valence-corrected chi connectivity index (χ4v) is 2.43. The molecule has 90 valence electrons. The molecule has 7 nitrogen and oxygen atoms in total. The molecule has 0 amide bonds. The number of aliphatic hydroxyl groups is 1. The summed E-state index contributed by atoms with van der Waals surface area (Å²) < 4.78 is 1.75. The van der Waals surface area contributed by atoms with E-state index in [1.165, 1.54) is 0 Å². The van der Waals surface area contributed by atoms with Crippen molar-refractivity contribution in [3.8, 4) is 0 Å². The first-order valence-corrected chi connectivity index (χ1v) is 5.57. The molecule has 2 aromatic heterocycles. The Hall–Kier alpha value is -1.89. The van der Waals surface area contributed by atoms with Gasteiger partial charge in [0.15, 0.2) is 11.2 Å². The fourth-order valence-electron chi connectivity index (χ4n) is 2.43. The normalized spacial score (nSPS) is 24.5. The number of nitrogens with zero attached hydrogens (tertiary/aromatic N) is 3. The number of hydrogen-bond donors (Lipinski definition) is 3. The van der Waals surface area contributed by atoms with E-state index in [-0.39, 0.29) is 23.1 Å². The Labute approximate surface area is 96.3 Å². The summed E-state index contributed by atoms with van der Waals surface area (Å²) >= 11 is 0. The van der Waals surface area contributed by atoms with Gasteiger partial charge in [-0.15, -0.1) is 0 Å². The zero-order chi connectivity index (χ0) is 12.0. The third-order valence-corrected chi connectivity index (χ3v) is 3.25. The van der Waals surface area contributed by atoms with Crippen LogP contribution in [-0.2, 0) is 0 Å². The van der Waals surface area contributed by atoms with Crippen LogP contribution in [0.1, 0.15) is 25.3 Å². The van der Waals surface area contributed by atoms with Gasteiger partial charge < -0.3 is 15.4 Å². The summed E-state index contributed by atoms with van der Waals surface area (Å²) in [6.45, 7) is 0. The Bertz CT molecular complexity index is 617. The number of imidazole rings is 1. The van der Waals surface area contributed by atoms with E-state index in [0.717, 1.165) is 19.3 Å². The van der Waals surface area contributed by atoms with E-state index in [9.17, 15) is 9.90 Å². The highest BCUT2D eigenvalue weighted by Crippen LogP contribution is 2.31. The third kappa shape index (κ3) is 1.50. The van der Waals surface area contributed by atoms with Gasteiger partial charge in [0.2, 0.25) is 5.95 Å². The minimum Gasteiger partial charge on any atom is -0.391 e. The number of aromatic nitrogens is 4. The molecule has 4 N–H and O–H groups in total. The number of nitrogens with one attached hydrogen (secondary N) is 1. The number of nitrogens with two attached hydrogens (primary N) is 1. The molecule has 0 bridgehead atoms. The quantitative estimate of drug-likeness (QED) is 0.633. The Kier molecular flexibility index (Phi) is 2.15. The molecule has 2 heterocycles. The second-order valence-corrected chi connectivity index (χ2v) is 4.34. The van der Waals surface area contributed by atoms with Crippen LogP contribution in [0.2, 0.25) is 0 Å². The molecule has 0 aliphatic heterocycles. The minimum atomic E-state index is -0.408. The van der Waals surface area contributed by atoms with Crippen LogP contribution in [0.15, 0.2) is 11.1 Å². The molecule has 7 heteroatoms. The number of rotatable bonds is 1. The van der Waals surface area contributed by atoms with E-state index in [1.54, 1.807) is 10.9 Å². The first kappa shape index (κ1) is 10.3. The monoisotopic (exact) mass is 235 g/mol. The third-order valence-electron chi connectivity index (χ3n) is 3.25. The molecule has 3 rings (SSSR count). The summed E-state index contributed by atoms with van der Waals surface area (Å²) in [4.78, 5) is 22.1. The van der Waals surface area contributed by atoms with Crippen molar-refractivity contribution in [3.05, 3.63) is 16.7 Å². The molecule has 0 saturated heterocycles. The fraction of sp³-hybridized carbons (Fsp3) is 0.500. The van der Waals surface area contributed by atoms with Gasteiger partial charge in [-0.05, 0) is 19.3 Å². The maximum Gasteiger partial charge on any atom is 0.280 e.